The first-order chi connectivity index (χ1) is 11.4. The molecule has 1 saturated heterocycles. The summed E-state index contributed by atoms with van der Waals surface area (Å²) >= 11 is 5.84. The normalized spacial score (nSPS) is 18.2. The van der Waals surface area contributed by atoms with Crippen LogP contribution in [0.2, 0.25) is 5.02 Å². The number of benzene rings is 2. The fraction of sp³-hybridized carbons (Fsp3) is 0.235. The van der Waals surface area contributed by atoms with Crippen LogP contribution < -0.4 is 9.62 Å². The topological polar surface area (TPSA) is 66.5 Å². The fourth-order valence-electron chi connectivity index (χ4n) is 2.66. The molecule has 3 rings (SSSR count). The number of nitrogens with one attached hydrogen (secondary N) is 1. The third-order valence-electron chi connectivity index (χ3n) is 3.95. The molecule has 0 bridgehead atoms. The van der Waals surface area contributed by atoms with E-state index in [0.29, 0.717) is 18.0 Å². The minimum Gasteiger partial charge on any atom is -0.311 e. The maximum Gasteiger partial charge on any atom is 0.245 e. The van der Waals surface area contributed by atoms with Gasteiger partial charge in [-0.25, -0.2) is 8.42 Å². The zero-order valence-corrected chi connectivity index (χ0v) is 14.6. The van der Waals surface area contributed by atoms with Gasteiger partial charge in [-0.2, -0.15) is 4.72 Å². The standard InChI is InChI=1S/C17H17ClN2O3S/c1-12-5-7-14(8-6-12)20-10-9-16(17(20)21)19-24(22,23)15-4-2-3-13(18)11-15/h2-8,11,16,19H,9-10H2,1H3/t16-/m1/s1. The molecule has 0 spiro atoms. The van der Waals surface area contributed by atoms with Gasteiger partial charge in [-0.1, -0.05) is 35.4 Å². The highest BCUT2D eigenvalue weighted by molar-refractivity contribution is 7.89. The molecule has 1 aliphatic rings. The molecule has 0 saturated carbocycles. The second-order valence-electron chi connectivity index (χ2n) is 5.75. The zero-order valence-electron chi connectivity index (χ0n) is 13.1. The number of halogens is 1. The third kappa shape index (κ3) is 3.45. The Morgan fingerprint density at radius 3 is 2.54 bits per heavy atom. The van der Waals surface area contributed by atoms with Crippen molar-refractivity contribution in [1.29, 1.82) is 0 Å². The molecule has 1 amide bonds. The van der Waals surface area contributed by atoms with Crippen molar-refractivity contribution in [3.05, 3.63) is 59.1 Å². The van der Waals surface area contributed by atoms with E-state index in [9.17, 15) is 13.2 Å². The molecule has 5 nitrogen and oxygen atoms in total. The number of rotatable bonds is 4. The summed E-state index contributed by atoms with van der Waals surface area (Å²) in [5, 5.41) is 0.330. The first kappa shape index (κ1) is 17.0. The Morgan fingerprint density at radius 2 is 1.88 bits per heavy atom. The SMILES string of the molecule is Cc1ccc(N2CC[C@@H](NS(=O)(=O)c3cccc(Cl)c3)C2=O)cc1. The molecular formula is C17H17ClN2O3S. The molecule has 1 N–H and O–H groups in total. The number of carbonyl (C=O) groups is 1. The molecule has 126 valence electrons. The maximum absolute atomic E-state index is 12.5. The summed E-state index contributed by atoms with van der Waals surface area (Å²) in [5.41, 5.74) is 1.87. The number of carbonyl (C=O) groups excluding carboxylic acids is 1. The molecule has 1 atom stereocenters. The number of hydrogen-bond donors (Lipinski definition) is 1. The van der Waals surface area contributed by atoms with Gasteiger partial charge in [0.05, 0.1) is 4.90 Å². The first-order valence-electron chi connectivity index (χ1n) is 7.53. The van der Waals surface area contributed by atoms with Crippen LogP contribution in [-0.2, 0) is 14.8 Å². The second kappa shape index (κ2) is 6.55. The summed E-state index contributed by atoms with van der Waals surface area (Å²) in [4.78, 5) is 14.2. The molecule has 2 aromatic carbocycles. The Morgan fingerprint density at radius 1 is 1.17 bits per heavy atom. The van der Waals surface area contributed by atoms with Crippen molar-refractivity contribution in [3.8, 4) is 0 Å². The molecule has 1 aliphatic heterocycles. The predicted octanol–water partition coefficient (Wildman–Crippen LogP) is 2.73. The van der Waals surface area contributed by atoms with Gasteiger partial charge >= 0.3 is 0 Å². The molecule has 2 aromatic rings. The van der Waals surface area contributed by atoms with E-state index in [1.54, 1.807) is 17.0 Å². The van der Waals surface area contributed by atoms with Crippen molar-refractivity contribution in [3.63, 3.8) is 0 Å². The van der Waals surface area contributed by atoms with E-state index >= 15 is 0 Å². The van der Waals surface area contributed by atoms with Gasteiger partial charge in [0.15, 0.2) is 0 Å². The minimum absolute atomic E-state index is 0.0524. The molecule has 0 unspecified atom stereocenters. The molecule has 0 radical (unpaired) electrons. The Kier molecular flexibility index (Phi) is 4.62. The number of sulfonamides is 1. The Hall–Kier alpha value is -1.89. The van der Waals surface area contributed by atoms with E-state index in [1.807, 2.05) is 31.2 Å². The summed E-state index contributed by atoms with van der Waals surface area (Å²) in [7, 11) is -3.79. The van der Waals surface area contributed by atoms with Gasteiger partial charge in [-0.15, -0.1) is 0 Å². The van der Waals surface area contributed by atoms with Gasteiger partial charge in [0.2, 0.25) is 15.9 Å². The molecule has 1 heterocycles. The highest BCUT2D eigenvalue weighted by Crippen LogP contribution is 2.23. The van der Waals surface area contributed by atoms with Crippen molar-refractivity contribution in [1.82, 2.24) is 4.72 Å². The maximum atomic E-state index is 12.5. The van der Waals surface area contributed by atoms with Gasteiger partial charge in [-0.05, 0) is 43.7 Å². The van der Waals surface area contributed by atoms with E-state index in [0.717, 1.165) is 11.3 Å². The van der Waals surface area contributed by atoms with E-state index in [4.69, 9.17) is 11.6 Å². The summed E-state index contributed by atoms with van der Waals surface area (Å²) in [5.74, 6) is -0.246. The molecule has 0 aromatic heterocycles. The van der Waals surface area contributed by atoms with Crippen molar-refractivity contribution in [2.75, 3.05) is 11.4 Å². The van der Waals surface area contributed by atoms with Crippen LogP contribution in [0.5, 0.6) is 0 Å². The third-order valence-corrected chi connectivity index (χ3v) is 5.66. The van der Waals surface area contributed by atoms with E-state index in [2.05, 4.69) is 4.72 Å². The second-order valence-corrected chi connectivity index (χ2v) is 7.90. The van der Waals surface area contributed by atoms with Gasteiger partial charge < -0.3 is 4.90 Å². The Bertz CT molecular complexity index is 866. The van der Waals surface area contributed by atoms with Crippen LogP contribution in [0.25, 0.3) is 0 Å². The van der Waals surface area contributed by atoms with Crippen LogP contribution in [0, 0.1) is 6.92 Å². The largest absolute Gasteiger partial charge is 0.311 e. The molecule has 7 heteroatoms. The van der Waals surface area contributed by atoms with Crippen LogP contribution in [0.4, 0.5) is 5.69 Å². The van der Waals surface area contributed by atoms with Crippen molar-refractivity contribution >= 4 is 33.2 Å². The molecule has 1 fully saturated rings. The molecule has 0 aliphatic carbocycles. The van der Waals surface area contributed by atoms with Gasteiger partial charge in [0.25, 0.3) is 0 Å². The van der Waals surface area contributed by atoms with Crippen LogP contribution in [0.3, 0.4) is 0 Å². The average molecular weight is 365 g/mol. The summed E-state index contributed by atoms with van der Waals surface area (Å²) in [6.45, 7) is 2.45. The monoisotopic (exact) mass is 364 g/mol. The van der Waals surface area contributed by atoms with E-state index < -0.39 is 16.1 Å². The average Bonchev–Trinajstić information content (AvgIpc) is 2.89. The number of nitrogens with zero attached hydrogens (tertiary/aromatic N) is 1. The molecule has 24 heavy (non-hydrogen) atoms. The van der Waals surface area contributed by atoms with Crippen LogP contribution in [-0.4, -0.2) is 26.9 Å². The lowest BCUT2D eigenvalue weighted by atomic mass is 10.2. The lowest BCUT2D eigenvalue weighted by molar-refractivity contribution is -0.118. The van der Waals surface area contributed by atoms with Gasteiger partial charge in [0.1, 0.15) is 6.04 Å². The lowest BCUT2D eigenvalue weighted by Crippen LogP contribution is -2.41. The predicted molar refractivity (Wildman–Crippen MR) is 93.7 cm³/mol. The Labute approximate surface area is 146 Å². The van der Waals surface area contributed by atoms with E-state index in [-0.39, 0.29) is 10.8 Å². The highest BCUT2D eigenvalue weighted by Gasteiger charge is 2.35. The molecular weight excluding hydrogens is 348 g/mol. The van der Waals surface area contributed by atoms with Crippen molar-refractivity contribution in [2.45, 2.75) is 24.3 Å². The van der Waals surface area contributed by atoms with Gasteiger partial charge in [0, 0.05) is 17.3 Å². The first-order valence-corrected chi connectivity index (χ1v) is 9.39. The van der Waals surface area contributed by atoms with Crippen molar-refractivity contribution in [2.24, 2.45) is 0 Å². The number of hydrogen-bond acceptors (Lipinski definition) is 3. The fourth-order valence-corrected chi connectivity index (χ4v) is 4.18. The highest BCUT2D eigenvalue weighted by atomic mass is 35.5. The lowest BCUT2D eigenvalue weighted by Gasteiger charge is -2.17. The quantitative estimate of drug-likeness (QED) is 0.907. The van der Waals surface area contributed by atoms with Crippen LogP contribution in [0.15, 0.2) is 53.4 Å². The minimum atomic E-state index is -3.79. The summed E-state index contributed by atoms with van der Waals surface area (Å²) < 4.78 is 27.3. The number of aryl methyl sites for hydroxylation is 1. The Balaban J connectivity index is 1.77. The van der Waals surface area contributed by atoms with Crippen LogP contribution >= 0.6 is 11.6 Å². The van der Waals surface area contributed by atoms with Gasteiger partial charge in [-0.3, -0.25) is 4.79 Å². The zero-order chi connectivity index (χ0) is 17.3. The van der Waals surface area contributed by atoms with E-state index in [1.165, 1.54) is 12.1 Å². The smallest absolute Gasteiger partial charge is 0.245 e. The summed E-state index contributed by atoms with van der Waals surface area (Å²) in [6, 6.07) is 12.8. The number of anilines is 1. The van der Waals surface area contributed by atoms with Crippen LogP contribution in [0.1, 0.15) is 12.0 Å². The number of amides is 1. The summed E-state index contributed by atoms with van der Waals surface area (Å²) in [6.07, 6.45) is 0.423. The van der Waals surface area contributed by atoms with Crippen molar-refractivity contribution < 1.29 is 13.2 Å².